The third kappa shape index (κ3) is 1.78. The van der Waals surface area contributed by atoms with Crippen LogP contribution in [0.5, 0.6) is 0 Å². The molecule has 0 spiro atoms. The zero-order valence-corrected chi connectivity index (χ0v) is 11.2. The van der Waals surface area contributed by atoms with Gasteiger partial charge in [0.25, 0.3) is 0 Å². The highest BCUT2D eigenvalue weighted by Crippen LogP contribution is 2.35. The fourth-order valence-electron chi connectivity index (χ4n) is 2.95. The Kier molecular flexibility index (Phi) is 2.69. The molecule has 1 N–H and O–H groups in total. The molecule has 1 aliphatic heterocycles. The van der Waals surface area contributed by atoms with Gasteiger partial charge in [-0.15, -0.1) is 0 Å². The van der Waals surface area contributed by atoms with Gasteiger partial charge in [0.05, 0.1) is 0 Å². The van der Waals surface area contributed by atoms with Crippen LogP contribution in [0.3, 0.4) is 0 Å². The van der Waals surface area contributed by atoms with Crippen LogP contribution in [-0.4, -0.2) is 11.7 Å². The molecule has 2 aromatic carbocycles. The molecular weight excluding hydrogens is 248 g/mol. The van der Waals surface area contributed by atoms with Gasteiger partial charge in [-0.3, -0.25) is 0 Å². The highest BCUT2D eigenvalue weighted by Gasteiger charge is 2.20. The van der Waals surface area contributed by atoms with Crippen molar-refractivity contribution in [3.8, 4) is 11.3 Å². The summed E-state index contributed by atoms with van der Waals surface area (Å²) >= 11 is 0. The van der Waals surface area contributed by atoms with Gasteiger partial charge in [-0.25, -0.2) is 0 Å². The number of nitrogens with zero attached hydrogens (tertiary/aromatic N) is 1. The van der Waals surface area contributed by atoms with E-state index in [9.17, 15) is 0 Å². The molecule has 0 saturated carbocycles. The summed E-state index contributed by atoms with van der Waals surface area (Å²) in [5, 5.41) is 10.1. The van der Waals surface area contributed by atoms with Gasteiger partial charge in [0, 0.05) is 17.7 Å². The highest BCUT2D eigenvalue weighted by atomic mass is 16.5. The first kappa shape index (κ1) is 11.5. The fourth-order valence-corrected chi connectivity index (χ4v) is 2.95. The van der Waals surface area contributed by atoms with Crippen molar-refractivity contribution >= 4 is 16.7 Å². The summed E-state index contributed by atoms with van der Waals surface area (Å²) in [5.74, 6) is 0.852. The van der Waals surface area contributed by atoms with E-state index in [0.29, 0.717) is 0 Å². The van der Waals surface area contributed by atoms with Crippen LogP contribution in [0.4, 0.5) is 5.88 Å². The lowest BCUT2D eigenvalue weighted by Crippen LogP contribution is -1.97. The lowest BCUT2D eigenvalue weighted by atomic mass is 9.98. The molecule has 3 nitrogen and oxygen atoms in total. The molecule has 2 heterocycles. The largest absolute Gasteiger partial charge is 0.354 e. The summed E-state index contributed by atoms with van der Waals surface area (Å²) in [6.45, 7) is 0.969. The van der Waals surface area contributed by atoms with E-state index in [1.54, 1.807) is 0 Å². The Labute approximate surface area is 117 Å². The molecular formula is C17H16N2O. The molecule has 0 unspecified atom stereocenters. The van der Waals surface area contributed by atoms with Crippen molar-refractivity contribution in [3.63, 3.8) is 0 Å². The maximum absolute atomic E-state index is 5.51. The second-order valence-electron chi connectivity index (χ2n) is 5.25. The lowest BCUT2D eigenvalue weighted by molar-refractivity contribution is 0.434. The molecule has 0 radical (unpaired) electrons. The normalized spacial score (nSPS) is 14.6. The minimum atomic E-state index is 0.852. The lowest BCUT2D eigenvalue weighted by Gasteiger charge is -2.05. The van der Waals surface area contributed by atoms with Crippen molar-refractivity contribution < 1.29 is 4.52 Å². The Balaban J connectivity index is 1.94. The quantitative estimate of drug-likeness (QED) is 0.714. The third-order valence-electron chi connectivity index (χ3n) is 3.97. The van der Waals surface area contributed by atoms with Crippen LogP contribution in [0.2, 0.25) is 0 Å². The molecule has 1 aromatic heterocycles. The molecule has 20 heavy (non-hydrogen) atoms. The third-order valence-corrected chi connectivity index (χ3v) is 3.97. The van der Waals surface area contributed by atoms with Gasteiger partial charge in [0.2, 0.25) is 5.88 Å². The molecule has 0 bridgehead atoms. The van der Waals surface area contributed by atoms with Crippen LogP contribution in [-0.2, 0) is 6.42 Å². The Morgan fingerprint density at radius 1 is 1.00 bits per heavy atom. The molecule has 0 amide bonds. The van der Waals surface area contributed by atoms with Crippen molar-refractivity contribution in [2.24, 2.45) is 0 Å². The average molecular weight is 264 g/mol. The second kappa shape index (κ2) is 4.67. The fraction of sp³-hybridized carbons (Fsp3) is 0.235. The minimum absolute atomic E-state index is 0.852. The molecule has 0 aliphatic carbocycles. The Hall–Kier alpha value is -2.29. The predicted molar refractivity (Wildman–Crippen MR) is 80.9 cm³/mol. The SMILES string of the molecule is c1ccc2c(-c3noc4c3CCCCN4)cccc2c1. The maximum Gasteiger partial charge on any atom is 0.228 e. The molecule has 0 atom stereocenters. The molecule has 3 aromatic rings. The highest BCUT2D eigenvalue weighted by molar-refractivity contribution is 5.96. The van der Waals surface area contributed by atoms with E-state index in [1.165, 1.54) is 29.2 Å². The van der Waals surface area contributed by atoms with Crippen molar-refractivity contribution in [1.29, 1.82) is 0 Å². The summed E-state index contributed by atoms with van der Waals surface area (Å²) in [5.41, 5.74) is 3.38. The summed E-state index contributed by atoms with van der Waals surface area (Å²) in [6.07, 6.45) is 3.39. The van der Waals surface area contributed by atoms with Gasteiger partial charge in [-0.05, 0) is 30.0 Å². The molecule has 1 aliphatic rings. The number of anilines is 1. The molecule has 3 heteroatoms. The van der Waals surface area contributed by atoms with E-state index in [1.807, 2.05) is 0 Å². The predicted octanol–water partition coefficient (Wildman–Crippen LogP) is 4.24. The summed E-state index contributed by atoms with van der Waals surface area (Å²) in [7, 11) is 0. The van der Waals surface area contributed by atoms with Gasteiger partial charge in [0.15, 0.2) is 0 Å². The average Bonchev–Trinajstić information content (AvgIpc) is 2.75. The first-order chi connectivity index (χ1) is 9.93. The van der Waals surface area contributed by atoms with Crippen LogP contribution >= 0.6 is 0 Å². The smallest absolute Gasteiger partial charge is 0.228 e. The van der Waals surface area contributed by atoms with Crippen molar-refractivity contribution in [2.75, 3.05) is 11.9 Å². The van der Waals surface area contributed by atoms with Crippen molar-refractivity contribution in [3.05, 3.63) is 48.0 Å². The minimum Gasteiger partial charge on any atom is -0.354 e. The van der Waals surface area contributed by atoms with Gasteiger partial charge in [-0.1, -0.05) is 47.6 Å². The zero-order valence-electron chi connectivity index (χ0n) is 11.2. The van der Waals surface area contributed by atoms with E-state index in [2.05, 4.69) is 52.9 Å². The number of rotatable bonds is 1. The van der Waals surface area contributed by atoms with E-state index >= 15 is 0 Å². The standard InChI is InChI=1S/C17H16N2O/c1-2-8-13-12(6-1)7-5-10-14(13)16-15-9-3-4-11-18-17(15)20-19-16/h1-2,5-8,10,18H,3-4,9,11H2. The number of benzene rings is 2. The topological polar surface area (TPSA) is 38.1 Å². The number of hydrogen-bond donors (Lipinski definition) is 1. The van der Waals surface area contributed by atoms with Gasteiger partial charge in [0.1, 0.15) is 5.69 Å². The van der Waals surface area contributed by atoms with Crippen molar-refractivity contribution in [2.45, 2.75) is 19.3 Å². The first-order valence-corrected chi connectivity index (χ1v) is 7.14. The van der Waals surface area contributed by atoms with Gasteiger partial charge in [-0.2, -0.15) is 0 Å². The molecule has 4 rings (SSSR count). The second-order valence-corrected chi connectivity index (χ2v) is 5.25. The molecule has 0 saturated heterocycles. The van der Waals surface area contributed by atoms with Crippen LogP contribution < -0.4 is 5.32 Å². The number of fused-ring (bicyclic) bond motifs is 2. The Bertz CT molecular complexity index is 755. The Morgan fingerprint density at radius 3 is 2.90 bits per heavy atom. The van der Waals surface area contributed by atoms with Crippen LogP contribution in [0.25, 0.3) is 22.0 Å². The van der Waals surface area contributed by atoms with Crippen molar-refractivity contribution in [1.82, 2.24) is 5.16 Å². The van der Waals surface area contributed by atoms with Crippen LogP contribution in [0, 0.1) is 0 Å². The summed E-state index contributed by atoms with van der Waals surface area (Å²) in [4.78, 5) is 0. The Morgan fingerprint density at radius 2 is 1.90 bits per heavy atom. The first-order valence-electron chi connectivity index (χ1n) is 7.14. The van der Waals surface area contributed by atoms with E-state index in [-0.39, 0.29) is 0 Å². The summed E-state index contributed by atoms with van der Waals surface area (Å²) < 4.78 is 5.51. The molecule has 100 valence electrons. The molecule has 0 fully saturated rings. The van der Waals surface area contributed by atoms with Crippen LogP contribution in [0.1, 0.15) is 18.4 Å². The number of nitrogens with one attached hydrogen (secondary N) is 1. The van der Waals surface area contributed by atoms with Crippen LogP contribution in [0.15, 0.2) is 47.0 Å². The zero-order chi connectivity index (χ0) is 13.4. The van der Waals surface area contributed by atoms with E-state index in [0.717, 1.165) is 30.1 Å². The monoisotopic (exact) mass is 264 g/mol. The maximum atomic E-state index is 5.51. The number of hydrogen-bond acceptors (Lipinski definition) is 3. The number of aromatic nitrogens is 1. The van der Waals surface area contributed by atoms with Gasteiger partial charge >= 0.3 is 0 Å². The van der Waals surface area contributed by atoms with E-state index < -0.39 is 0 Å². The van der Waals surface area contributed by atoms with E-state index in [4.69, 9.17) is 4.52 Å². The van der Waals surface area contributed by atoms with Gasteiger partial charge < -0.3 is 9.84 Å². The summed E-state index contributed by atoms with van der Waals surface area (Å²) in [6, 6.07) is 14.8.